The molecule has 0 saturated carbocycles. The summed E-state index contributed by atoms with van der Waals surface area (Å²) in [5.41, 5.74) is 3.05. The van der Waals surface area contributed by atoms with Crippen molar-refractivity contribution in [3.63, 3.8) is 0 Å². The number of rotatable bonds is 4. The Kier molecular flexibility index (Phi) is 3.83. The van der Waals surface area contributed by atoms with Gasteiger partial charge in [0.2, 0.25) is 0 Å². The van der Waals surface area contributed by atoms with Crippen LogP contribution in [0.4, 0.5) is 0 Å². The fraction of sp³-hybridized carbons (Fsp3) is 0.133. The Morgan fingerprint density at radius 2 is 2.00 bits per heavy atom. The van der Waals surface area contributed by atoms with Crippen LogP contribution in [-0.2, 0) is 0 Å². The molecule has 1 unspecified atom stereocenters. The molecule has 1 heterocycles. The third-order valence-electron chi connectivity index (χ3n) is 2.76. The molecule has 1 aromatic carbocycles. The molecule has 88 valence electrons. The molecule has 0 spiro atoms. The molecule has 0 bridgehead atoms. The Bertz CT molecular complexity index is 570. The largest absolute Gasteiger partial charge is 0.292 e. The minimum absolute atomic E-state index is 0.203. The molecule has 0 aliphatic heterocycles. The number of aliphatic imine (C=N–C) groups is 1. The van der Waals surface area contributed by atoms with Gasteiger partial charge in [-0.25, -0.2) is 0 Å². The van der Waals surface area contributed by atoms with Gasteiger partial charge in [-0.05, 0) is 23.9 Å². The summed E-state index contributed by atoms with van der Waals surface area (Å²) in [5, 5.41) is 8.76. The van der Waals surface area contributed by atoms with Gasteiger partial charge in [-0.2, -0.15) is 5.26 Å². The molecule has 2 aromatic rings. The summed E-state index contributed by atoms with van der Waals surface area (Å²) in [6.07, 6.45) is 3.87. The summed E-state index contributed by atoms with van der Waals surface area (Å²) in [6, 6.07) is 13.9. The van der Waals surface area contributed by atoms with Crippen LogP contribution in [0.3, 0.4) is 0 Å². The highest BCUT2D eigenvalue weighted by Gasteiger charge is 2.09. The molecule has 0 aliphatic carbocycles. The Labute approximate surface area is 106 Å². The van der Waals surface area contributed by atoms with E-state index in [4.69, 9.17) is 5.26 Å². The lowest BCUT2D eigenvalue weighted by Crippen LogP contribution is -1.95. The van der Waals surface area contributed by atoms with Gasteiger partial charge in [-0.3, -0.25) is 9.98 Å². The van der Waals surface area contributed by atoms with E-state index in [0.29, 0.717) is 6.42 Å². The van der Waals surface area contributed by atoms with Crippen LogP contribution in [0.1, 0.15) is 18.0 Å². The van der Waals surface area contributed by atoms with Gasteiger partial charge >= 0.3 is 0 Å². The van der Waals surface area contributed by atoms with E-state index in [1.807, 2.05) is 42.6 Å². The second-order valence-electron chi connectivity index (χ2n) is 3.93. The SMILES string of the molecule is C=NC(CC#N)c1cncc(-c2ccccc2)c1. The number of pyridine rings is 1. The summed E-state index contributed by atoms with van der Waals surface area (Å²) in [6.45, 7) is 3.53. The first-order chi connectivity index (χ1) is 8.85. The molecule has 2 rings (SSSR count). The van der Waals surface area contributed by atoms with Crippen LogP contribution in [-0.4, -0.2) is 11.7 Å². The van der Waals surface area contributed by atoms with Gasteiger partial charge in [0, 0.05) is 18.0 Å². The molecule has 0 saturated heterocycles. The van der Waals surface area contributed by atoms with Gasteiger partial charge in [-0.1, -0.05) is 30.3 Å². The van der Waals surface area contributed by atoms with Gasteiger partial charge in [0.15, 0.2) is 0 Å². The van der Waals surface area contributed by atoms with Crippen LogP contribution in [0.15, 0.2) is 53.8 Å². The Balaban J connectivity index is 2.36. The maximum Gasteiger partial charge on any atom is 0.0886 e. The second kappa shape index (κ2) is 5.74. The standard InChI is InChI=1S/C15H13N3/c1-17-15(7-8-16)14-9-13(10-18-11-14)12-5-3-2-4-6-12/h2-6,9-11,15H,1,7H2. The number of benzene rings is 1. The van der Waals surface area contributed by atoms with E-state index in [-0.39, 0.29) is 6.04 Å². The maximum absolute atomic E-state index is 8.76. The smallest absolute Gasteiger partial charge is 0.0886 e. The molecule has 3 nitrogen and oxygen atoms in total. The van der Waals surface area contributed by atoms with Gasteiger partial charge in [-0.15, -0.1) is 0 Å². The second-order valence-corrected chi connectivity index (χ2v) is 3.93. The fourth-order valence-electron chi connectivity index (χ4n) is 1.80. The summed E-state index contributed by atoms with van der Waals surface area (Å²) < 4.78 is 0. The predicted molar refractivity (Wildman–Crippen MR) is 72.2 cm³/mol. The highest BCUT2D eigenvalue weighted by atomic mass is 14.8. The van der Waals surface area contributed by atoms with Crippen molar-refractivity contribution in [2.24, 2.45) is 4.99 Å². The van der Waals surface area contributed by atoms with Crippen molar-refractivity contribution in [1.29, 1.82) is 5.26 Å². The lowest BCUT2D eigenvalue weighted by molar-refractivity contribution is 0.753. The lowest BCUT2D eigenvalue weighted by Gasteiger charge is -2.09. The van der Waals surface area contributed by atoms with E-state index < -0.39 is 0 Å². The number of aromatic nitrogens is 1. The molecule has 0 amide bonds. The van der Waals surface area contributed by atoms with E-state index >= 15 is 0 Å². The molecule has 0 fully saturated rings. The minimum atomic E-state index is -0.203. The molecule has 1 atom stereocenters. The summed E-state index contributed by atoms with van der Waals surface area (Å²) >= 11 is 0. The van der Waals surface area contributed by atoms with E-state index in [0.717, 1.165) is 16.7 Å². The number of hydrogen-bond acceptors (Lipinski definition) is 3. The van der Waals surface area contributed by atoms with E-state index in [1.54, 1.807) is 6.20 Å². The maximum atomic E-state index is 8.76. The predicted octanol–water partition coefficient (Wildman–Crippen LogP) is 3.40. The van der Waals surface area contributed by atoms with Crippen molar-refractivity contribution in [3.05, 3.63) is 54.4 Å². The van der Waals surface area contributed by atoms with Crippen LogP contribution in [0.2, 0.25) is 0 Å². The normalized spacial score (nSPS) is 11.5. The molecule has 18 heavy (non-hydrogen) atoms. The van der Waals surface area contributed by atoms with Crippen molar-refractivity contribution in [2.45, 2.75) is 12.5 Å². The third kappa shape index (κ3) is 2.61. The van der Waals surface area contributed by atoms with Crippen molar-refractivity contribution in [2.75, 3.05) is 0 Å². The summed E-state index contributed by atoms with van der Waals surface area (Å²) in [5.74, 6) is 0. The molecule has 0 aliphatic rings. The van der Waals surface area contributed by atoms with E-state index in [1.165, 1.54) is 0 Å². The molecule has 0 N–H and O–H groups in total. The zero-order valence-electron chi connectivity index (χ0n) is 9.95. The van der Waals surface area contributed by atoms with Crippen molar-refractivity contribution in [3.8, 4) is 17.2 Å². The van der Waals surface area contributed by atoms with Crippen LogP contribution >= 0.6 is 0 Å². The minimum Gasteiger partial charge on any atom is -0.292 e. The average molecular weight is 235 g/mol. The van der Waals surface area contributed by atoms with Gasteiger partial charge < -0.3 is 0 Å². The van der Waals surface area contributed by atoms with E-state index in [9.17, 15) is 0 Å². The third-order valence-corrected chi connectivity index (χ3v) is 2.76. The molecule has 3 heteroatoms. The highest BCUT2D eigenvalue weighted by molar-refractivity contribution is 5.63. The Morgan fingerprint density at radius 3 is 2.67 bits per heavy atom. The van der Waals surface area contributed by atoms with Gasteiger partial charge in [0.05, 0.1) is 18.5 Å². The van der Waals surface area contributed by atoms with Crippen molar-refractivity contribution < 1.29 is 0 Å². The summed E-state index contributed by atoms with van der Waals surface area (Å²) in [4.78, 5) is 8.19. The van der Waals surface area contributed by atoms with Crippen molar-refractivity contribution in [1.82, 2.24) is 4.98 Å². The zero-order chi connectivity index (χ0) is 12.8. The summed E-state index contributed by atoms with van der Waals surface area (Å²) in [7, 11) is 0. The fourth-order valence-corrected chi connectivity index (χ4v) is 1.80. The number of nitriles is 1. The molecule has 0 radical (unpaired) electrons. The molecule has 1 aromatic heterocycles. The van der Waals surface area contributed by atoms with Crippen LogP contribution in [0.25, 0.3) is 11.1 Å². The monoisotopic (exact) mass is 235 g/mol. The first kappa shape index (κ1) is 12.0. The zero-order valence-corrected chi connectivity index (χ0v) is 9.95. The Hall–Kier alpha value is -2.47. The lowest BCUT2D eigenvalue weighted by atomic mass is 10.0. The van der Waals surface area contributed by atoms with Gasteiger partial charge in [0.1, 0.15) is 0 Å². The number of nitrogens with zero attached hydrogens (tertiary/aromatic N) is 3. The first-order valence-corrected chi connectivity index (χ1v) is 5.68. The highest BCUT2D eigenvalue weighted by Crippen LogP contribution is 2.25. The van der Waals surface area contributed by atoms with E-state index in [2.05, 4.69) is 22.8 Å². The van der Waals surface area contributed by atoms with Crippen LogP contribution < -0.4 is 0 Å². The van der Waals surface area contributed by atoms with Crippen molar-refractivity contribution >= 4 is 6.72 Å². The average Bonchev–Trinajstić information content (AvgIpc) is 2.46. The molecular weight excluding hydrogens is 222 g/mol. The quantitative estimate of drug-likeness (QED) is 0.762. The van der Waals surface area contributed by atoms with Crippen LogP contribution in [0, 0.1) is 11.3 Å². The molecular formula is C15H13N3. The topological polar surface area (TPSA) is 49.0 Å². The van der Waals surface area contributed by atoms with Crippen LogP contribution in [0.5, 0.6) is 0 Å². The first-order valence-electron chi connectivity index (χ1n) is 5.68. The Morgan fingerprint density at radius 1 is 1.22 bits per heavy atom. The number of hydrogen-bond donors (Lipinski definition) is 0. The van der Waals surface area contributed by atoms with Gasteiger partial charge in [0.25, 0.3) is 0 Å².